The average Bonchev–Trinajstić information content (AvgIpc) is 3.35. The van der Waals surface area contributed by atoms with Crippen LogP contribution >= 0.6 is 0 Å². The Bertz CT molecular complexity index is 975. The number of hydrogen-bond acceptors (Lipinski definition) is 6. The third-order valence-electron chi connectivity index (χ3n) is 6.92. The second-order valence-corrected chi connectivity index (χ2v) is 8.81. The molecule has 7 nitrogen and oxygen atoms in total. The van der Waals surface area contributed by atoms with E-state index in [4.69, 9.17) is 4.74 Å². The molecule has 2 aromatic carbocycles. The lowest BCUT2D eigenvalue weighted by atomic mass is 9.95. The summed E-state index contributed by atoms with van der Waals surface area (Å²) in [6, 6.07) is 19.5. The molecule has 0 unspecified atom stereocenters. The standard InChI is InChI=1S/C25H32N6O/c1-32-23-14-12-20(13-15-23)24(25-26-27-28-31(25)22-10-6-3-7-11-22)30-18-16-29(17-19-30)21-8-4-2-5-9-21/h2,4-5,8-9,12-15,22,24H,3,6-7,10-11,16-19H2,1H3/t24-/m0/s1. The second kappa shape index (κ2) is 9.69. The third kappa shape index (κ3) is 4.35. The number of rotatable bonds is 6. The summed E-state index contributed by atoms with van der Waals surface area (Å²) in [7, 11) is 1.71. The minimum atomic E-state index is 0.0377. The maximum Gasteiger partial charge on any atom is 0.173 e. The zero-order valence-electron chi connectivity index (χ0n) is 18.8. The van der Waals surface area contributed by atoms with Gasteiger partial charge in [-0.15, -0.1) is 5.10 Å². The Labute approximate surface area is 190 Å². The van der Waals surface area contributed by atoms with E-state index < -0.39 is 0 Å². The first-order valence-electron chi connectivity index (χ1n) is 11.8. The van der Waals surface area contributed by atoms with Crippen molar-refractivity contribution in [1.29, 1.82) is 0 Å². The molecule has 7 heteroatoms. The highest BCUT2D eigenvalue weighted by Crippen LogP contribution is 2.34. The lowest BCUT2D eigenvalue weighted by Crippen LogP contribution is -2.48. The number of hydrogen-bond donors (Lipinski definition) is 0. The molecule has 1 atom stereocenters. The average molecular weight is 433 g/mol. The summed E-state index contributed by atoms with van der Waals surface area (Å²) in [5.41, 5.74) is 2.51. The van der Waals surface area contributed by atoms with Gasteiger partial charge < -0.3 is 9.64 Å². The number of ether oxygens (including phenoxy) is 1. The molecule has 1 aliphatic heterocycles. The van der Waals surface area contributed by atoms with E-state index in [2.05, 4.69) is 72.5 Å². The molecule has 2 aliphatic rings. The fourth-order valence-electron chi connectivity index (χ4n) is 5.15. The van der Waals surface area contributed by atoms with Gasteiger partial charge in [-0.25, -0.2) is 4.68 Å². The first-order valence-corrected chi connectivity index (χ1v) is 11.8. The van der Waals surface area contributed by atoms with Gasteiger partial charge in [0.05, 0.1) is 19.2 Å². The summed E-state index contributed by atoms with van der Waals surface area (Å²) in [5, 5.41) is 13.2. The number of piperazine rings is 1. The maximum atomic E-state index is 5.40. The largest absolute Gasteiger partial charge is 0.497 e. The predicted molar refractivity (Wildman–Crippen MR) is 125 cm³/mol. The van der Waals surface area contributed by atoms with Gasteiger partial charge in [-0.2, -0.15) is 0 Å². The van der Waals surface area contributed by atoms with Gasteiger partial charge in [0.25, 0.3) is 0 Å². The number of nitrogens with zero attached hydrogens (tertiary/aromatic N) is 6. The Morgan fingerprint density at radius 3 is 2.28 bits per heavy atom. The summed E-state index contributed by atoms with van der Waals surface area (Å²) in [5.74, 6) is 1.84. The van der Waals surface area contributed by atoms with Crippen LogP contribution in [0.2, 0.25) is 0 Å². The van der Waals surface area contributed by atoms with E-state index in [1.807, 2.05) is 12.1 Å². The van der Waals surface area contributed by atoms with Crippen molar-refractivity contribution < 1.29 is 4.74 Å². The highest BCUT2D eigenvalue weighted by Gasteiger charge is 2.32. The zero-order valence-corrected chi connectivity index (χ0v) is 18.8. The van der Waals surface area contributed by atoms with Crippen molar-refractivity contribution in [2.75, 3.05) is 38.2 Å². The highest BCUT2D eigenvalue weighted by atomic mass is 16.5. The smallest absolute Gasteiger partial charge is 0.173 e. The topological polar surface area (TPSA) is 59.3 Å². The second-order valence-electron chi connectivity index (χ2n) is 8.81. The van der Waals surface area contributed by atoms with Crippen LogP contribution in [0.4, 0.5) is 5.69 Å². The molecule has 0 amide bonds. The van der Waals surface area contributed by atoms with E-state index in [0.717, 1.165) is 50.6 Å². The van der Waals surface area contributed by atoms with Gasteiger partial charge in [-0.3, -0.25) is 4.90 Å². The summed E-state index contributed by atoms with van der Waals surface area (Å²) in [6.07, 6.45) is 6.15. The van der Waals surface area contributed by atoms with Crippen LogP contribution in [0.15, 0.2) is 54.6 Å². The number of tetrazole rings is 1. The van der Waals surface area contributed by atoms with Crippen LogP contribution < -0.4 is 9.64 Å². The molecule has 2 fully saturated rings. The molecule has 1 saturated heterocycles. The van der Waals surface area contributed by atoms with Gasteiger partial charge in [0.1, 0.15) is 5.75 Å². The SMILES string of the molecule is COc1ccc([C@@H](c2nnnn2C2CCCCC2)N2CCN(c3ccccc3)CC2)cc1. The van der Waals surface area contributed by atoms with Crippen LogP contribution in [-0.4, -0.2) is 58.4 Å². The van der Waals surface area contributed by atoms with E-state index in [1.165, 1.54) is 30.5 Å². The Hall–Kier alpha value is -2.93. The van der Waals surface area contributed by atoms with Crippen LogP contribution in [0.5, 0.6) is 5.75 Å². The van der Waals surface area contributed by atoms with Gasteiger partial charge in [-0.1, -0.05) is 49.6 Å². The van der Waals surface area contributed by atoms with Gasteiger partial charge in [0.15, 0.2) is 5.82 Å². The first-order chi connectivity index (χ1) is 15.8. The van der Waals surface area contributed by atoms with Crippen LogP contribution in [0.3, 0.4) is 0 Å². The normalized spacial score (nSPS) is 19.1. The van der Waals surface area contributed by atoms with Crippen molar-refractivity contribution in [1.82, 2.24) is 25.1 Å². The van der Waals surface area contributed by atoms with E-state index in [-0.39, 0.29) is 6.04 Å². The molecule has 0 spiro atoms. The van der Waals surface area contributed by atoms with Crippen molar-refractivity contribution in [3.63, 3.8) is 0 Å². The molecule has 32 heavy (non-hydrogen) atoms. The summed E-state index contributed by atoms with van der Waals surface area (Å²) >= 11 is 0. The maximum absolute atomic E-state index is 5.40. The van der Waals surface area contributed by atoms with E-state index in [0.29, 0.717) is 6.04 Å². The number of para-hydroxylation sites is 1. The van der Waals surface area contributed by atoms with Crippen molar-refractivity contribution in [3.8, 4) is 5.75 Å². The van der Waals surface area contributed by atoms with Crippen LogP contribution in [0.1, 0.15) is 55.6 Å². The minimum Gasteiger partial charge on any atom is -0.497 e. The Morgan fingerprint density at radius 1 is 0.875 bits per heavy atom. The zero-order chi connectivity index (χ0) is 21.8. The lowest BCUT2D eigenvalue weighted by molar-refractivity contribution is 0.193. The molecule has 0 radical (unpaired) electrons. The fraction of sp³-hybridized carbons (Fsp3) is 0.480. The molecule has 1 saturated carbocycles. The van der Waals surface area contributed by atoms with Gasteiger partial charge in [0.2, 0.25) is 0 Å². The van der Waals surface area contributed by atoms with E-state index in [9.17, 15) is 0 Å². The monoisotopic (exact) mass is 432 g/mol. The minimum absolute atomic E-state index is 0.0377. The molecule has 1 aliphatic carbocycles. The molecule has 5 rings (SSSR count). The van der Waals surface area contributed by atoms with E-state index in [1.54, 1.807) is 7.11 Å². The van der Waals surface area contributed by atoms with Crippen molar-refractivity contribution in [3.05, 3.63) is 66.0 Å². The quantitative estimate of drug-likeness (QED) is 0.585. The summed E-state index contributed by atoms with van der Waals surface area (Å²) in [4.78, 5) is 5.00. The third-order valence-corrected chi connectivity index (χ3v) is 6.92. The highest BCUT2D eigenvalue weighted by molar-refractivity contribution is 5.46. The predicted octanol–water partition coefficient (Wildman–Crippen LogP) is 4.10. The number of benzene rings is 2. The molecule has 3 aromatic rings. The van der Waals surface area contributed by atoms with Crippen molar-refractivity contribution >= 4 is 5.69 Å². The van der Waals surface area contributed by atoms with Crippen LogP contribution in [0.25, 0.3) is 0 Å². The summed E-state index contributed by atoms with van der Waals surface area (Å²) < 4.78 is 7.52. The lowest BCUT2D eigenvalue weighted by Gasteiger charge is -2.40. The fourth-order valence-corrected chi connectivity index (χ4v) is 5.15. The number of anilines is 1. The van der Waals surface area contributed by atoms with Gasteiger partial charge >= 0.3 is 0 Å². The van der Waals surface area contributed by atoms with E-state index >= 15 is 0 Å². The molecule has 0 bridgehead atoms. The van der Waals surface area contributed by atoms with Crippen molar-refractivity contribution in [2.45, 2.75) is 44.2 Å². The van der Waals surface area contributed by atoms with Crippen LogP contribution in [0, 0.1) is 0 Å². The Balaban J connectivity index is 1.43. The first kappa shape index (κ1) is 20.9. The molecule has 168 valence electrons. The Morgan fingerprint density at radius 2 is 1.59 bits per heavy atom. The molecule has 2 heterocycles. The molecular weight excluding hydrogens is 400 g/mol. The van der Waals surface area contributed by atoms with Gasteiger partial charge in [0, 0.05) is 31.9 Å². The molecule has 0 N–H and O–H groups in total. The molecular formula is C25H32N6O. The molecule has 1 aromatic heterocycles. The Kier molecular flexibility index (Phi) is 6.34. The summed E-state index contributed by atoms with van der Waals surface area (Å²) in [6.45, 7) is 3.90. The van der Waals surface area contributed by atoms with Crippen LogP contribution in [-0.2, 0) is 0 Å². The van der Waals surface area contributed by atoms with Crippen molar-refractivity contribution in [2.24, 2.45) is 0 Å². The van der Waals surface area contributed by atoms with Gasteiger partial charge in [-0.05, 0) is 53.1 Å². The number of aromatic nitrogens is 4. The number of methoxy groups -OCH3 is 1.